The van der Waals surface area contributed by atoms with E-state index in [1.54, 1.807) is 0 Å². The van der Waals surface area contributed by atoms with Gasteiger partial charge >= 0.3 is 0 Å². The molecule has 5 nitrogen and oxygen atoms in total. The standard InChI is InChI=1S/C20H31NO4/c22-17-13-19(24)10-8-16(20(19,25)14-18(17)23)7-4-11-21-12-9-15-5-2-1-3-6-15/h1-3,5-6,16-18,21-25H,4,7-14H2. The molecule has 25 heavy (non-hydrogen) atoms. The third kappa shape index (κ3) is 3.91. The van der Waals surface area contributed by atoms with Crippen LogP contribution < -0.4 is 5.32 Å². The zero-order valence-electron chi connectivity index (χ0n) is 14.8. The average Bonchev–Trinajstić information content (AvgIpc) is 2.83. The molecule has 0 heterocycles. The minimum Gasteiger partial charge on any atom is -0.390 e. The van der Waals surface area contributed by atoms with Crippen LogP contribution in [0, 0.1) is 5.92 Å². The normalized spacial score (nSPS) is 37.8. The van der Waals surface area contributed by atoms with Gasteiger partial charge in [-0.25, -0.2) is 0 Å². The van der Waals surface area contributed by atoms with E-state index in [9.17, 15) is 20.4 Å². The van der Waals surface area contributed by atoms with Crippen LogP contribution in [-0.2, 0) is 6.42 Å². The van der Waals surface area contributed by atoms with Crippen LogP contribution in [0.25, 0.3) is 0 Å². The van der Waals surface area contributed by atoms with Crippen molar-refractivity contribution >= 4 is 0 Å². The molecule has 5 N–H and O–H groups in total. The number of aliphatic hydroxyl groups excluding tert-OH is 2. The van der Waals surface area contributed by atoms with Crippen LogP contribution >= 0.6 is 0 Å². The highest BCUT2D eigenvalue weighted by Crippen LogP contribution is 2.53. The van der Waals surface area contributed by atoms with Crippen LogP contribution in [0.1, 0.15) is 44.1 Å². The van der Waals surface area contributed by atoms with Gasteiger partial charge in [-0.3, -0.25) is 0 Å². The molecule has 2 fully saturated rings. The molecule has 140 valence electrons. The largest absolute Gasteiger partial charge is 0.390 e. The van der Waals surface area contributed by atoms with E-state index in [1.807, 2.05) is 18.2 Å². The van der Waals surface area contributed by atoms with Crippen molar-refractivity contribution in [1.82, 2.24) is 5.32 Å². The number of benzene rings is 1. The summed E-state index contributed by atoms with van der Waals surface area (Å²) in [4.78, 5) is 0. The summed E-state index contributed by atoms with van der Waals surface area (Å²) >= 11 is 0. The molecule has 2 saturated carbocycles. The van der Waals surface area contributed by atoms with Crippen molar-refractivity contribution in [2.24, 2.45) is 5.92 Å². The van der Waals surface area contributed by atoms with E-state index in [0.29, 0.717) is 6.42 Å². The monoisotopic (exact) mass is 349 g/mol. The van der Waals surface area contributed by atoms with Crippen LogP contribution in [0.15, 0.2) is 30.3 Å². The Morgan fingerprint density at radius 3 is 2.48 bits per heavy atom. The van der Waals surface area contributed by atoms with Gasteiger partial charge in [-0.05, 0) is 56.7 Å². The number of aliphatic hydroxyl groups is 4. The molecular weight excluding hydrogens is 318 g/mol. The average molecular weight is 349 g/mol. The van der Waals surface area contributed by atoms with Gasteiger partial charge in [0.15, 0.2) is 0 Å². The Morgan fingerprint density at radius 1 is 1.00 bits per heavy atom. The van der Waals surface area contributed by atoms with Gasteiger partial charge in [0.1, 0.15) is 0 Å². The van der Waals surface area contributed by atoms with Crippen molar-refractivity contribution in [3.63, 3.8) is 0 Å². The Kier molecular flexibility index (Phi) is 5.81. The molecule has 5 heteroatoms. The lowest BCUT2D eigenvalue weighted by Gasteiger charge is -2.48. The van der Waals surface area contributed by atoms with Gasteiger partial charge in [-0.1, -0.05) is 30.3 Å². The van der Waals surface area contributed by atoms with E-state index < -0.39 is 23.4 Å². The van der Waals surface area contributed by atoms with E-state index in [2.05, 4.69) is 17.4 Å². The molecule has 3 rings (SSSR count). The fourth-order valence-electron chi connectivity index (χ4n) is 4.68. The third-order valence-corrected chi connectivity index (χ3v) is 6.24. The predicted molar refractivity (Wildman–Crippen MR) is 96.1 cm³/mol. The lowest BCUT2D eigenvalue weighted by Crippen LogP contribution is -2.62. The van der Waals surface area contributed by atoms with Gasteiger partial charge in [-0.2, -0.15) is 0 Å². The molecule has 0 amide bonds. The fraction of sp³-hybridized carbons (Fsp3) is 0.700. The van der Waals surface area contributed by atoms with Crippen LogP contribution in [0.4, 0.5) is 0 Å². The zero-order chi connectivity index (χ0) is 17.9. The topological polar surface area (TPSA) is 93.0 Å². The van der Waals surface area contributed by atoms with E-state index in [0.717, 1.165) is 38.8 Å². The maximum atomic E-state index is 11.0. The minimum absolute atomic E-state index is 0.0180. The number of hydrogen-bond acceptors (Lipinski definition) is 5. The molecule has 0 aromatic heterocycles. The van der Waals surface area contributed by atoms with Crippen molar-refractivity contribution in [2.45, 2.75) is 68.4 Å². The molecule has 1 aromatic rings. The molecule has 1 aromatic carbocycles. The molecule has 0 saturated heterocycles. The van der Waals surface area contributed by atoms with Crippen LogP contribution in [0.5, 0.6) is 0 Å². The highest BCUT2D eigenvalue weighted by molar-refractivity contribution is 5.15. The number of rotatable bonds is 7. The van der Waals surface area contributed by atoms with Crippen molar-refractivity contribution in [1.29, 1.82) is 0 Å². The first-order valence-electron chi connectivity index (χ1n) is 9.50. The Bertz CT molecular complexity index is 554. The SMILES string of the molecule is OC1CC2(O)CCC(CCCNCCc3ccccc3)C2(O)CC1O. The summed E-state index contributed by atoms with van der Waals surface area (Å²) in [5.74, 6) is -0.0180. The lowest BCUT2D eigenvalue weighted by atomic mass is 9.67. The first-order valence-corrected chi connectivity index (χ1v) is 9.50. The van der Waals surface area contributed by atoms with Gasteiger partial charge in [0.2, 0.25) is 0 Å². The first kappa shape index (κ1) is 18.8. The summed E-state index contributed by atoms with van der Waals surface area (Å²) in [5, 5.41) is 45.0. The molecule has 0 bridgehead atoms. The second-order valence-electron chi connectivity index (χ2n) is 7.86. The molecule has 0 aliphatic heterocycles. The Morgan fingerprint density at radius 2 is 1.72 bits per heavy atom. The third-order valence-electron chi connectivity index (χ3n) is 6.24. The van der Waals surface area contributed by atoms with Crippen molar-refractivity contribution < 1.29 is 20.4 Å². The smallest absolute Gasteiger partial charge is 0.0987 e. The minimum atomic E-state index is -1.27. The highest BCUT2D eigenvalue weighted by Gasteiger charge is 2.62. The van der Waals surface area contributed by atoms with Crippen molar-refractivity contribution in [3.05, 3.63) is 35.9 Å². The van der Waals surface area contributed by atoms with Crippen LogP contribution in [0.2, 0.25) is 0 Å². The Hall–Kier alpha value is -0.980. The molecule has 0 spiro atoms. The maximum absolute atomic E-state index is 11.0. The van der Waals surface area contributed by atoms with Crippen LogP contribution in [-0.4, -0.2) is 56.9 Å². The molecule has 2 aliphatic carbocycles. The molecule has 5 atom stereocenters. The quantitative estimate of drug-likeness (QED) is 0.473. The maximum Gasteiger partial charge on any atom is 0.0987 e. The second-order valence-corrected chi connectivity index (χ2v) is 7.86. The summed E-state index contributed by atoms with van der Waals surface area (Å²) < 4.78 is 0. The summed E-state index contributed by atoms with van der Waals surface area (Å²) in [7, 11) is 0. The highest BCUT2D eigenvalue weighted by atomic mass is 16.4. The van der Waals surface area contributed by atoms with E-state index in [4.69, 9.17) is 0 Å². The van der Waals surface area contributed by atoms with Gasteiger partial charge in [-0.15, -0.1) is 0 Å². The van der Waals surface area contributed by atoms with Gasteiger partial charge in [0.25, 0.3) is 0 Å². The van der Waals surface area contributed by atoms with Gasteiger partial charge in [0, 0.05) is 12.8 Å². The molecule has 5 unspecified atom stereocenters. The molecule has 0 radical (unpaired) electrons. The second kappa shape index (κ2) is 7.72. The fourth-order valence-corrected chi connectivity index (χ4v) is 4.68. The summed E-state index contributed by atoms with van der Waals surface area (Å²) in [6.07, 6.45) is 2.23. The summed E-state index contributed by atoms with van der Waals surface area (Å²) in [6, 6.07) is 10.4. The Balaban J connectivity index is 1.41. The molecular formula is C20H31NO4. The van der Waals surface area contributed by atoms with Crippen molar-refractivity contribution in [3.8, 4) is 0 Å². The molecule has 2 aliphatic rings. The van der Waals surface area contributed by atoms with E-state index in [1.165, 1.54) is 5.56 Å². The summed E-state index contributed by atoms with van der Waals surface area (Å²) in [6.45, 7) is 1.80. The van der Waals surface area contributed by atoms with Gasteiger partial charge < -0.3 is 25.7 Å². The van der Waals surface area contributed by atoms with E-state index in [-0.39, 0.29) is 18.8 Å². The van der Waals surface area contributed by atoms with Crippen molar-refractivity contribution in [2.75, 3.05) is 13.1 Å². The lowest BCUT2D eigenvalue weighted by molar-refractivity contribution is -0.220. The Labute approximate surface area is 149 Å². The zero-order valence-corrected chi connectivity index (χ0v) is 14.8. The predicted octanol–water partition coefficient (Wildman–Crippen LogP) is 0.987. The first-order chi connectivity index (χ1) is 11.9. The van der Waals surface area contributed by atoms with Crippen LogP contribution in [0.3, 0.4) is 0 Å². The number of hydrogen-bond donors (Lipinski definition) is 5. The van der Waals surface area contributed by atoms with Gasteiger partial charge in [0.05, 0.1) is 23.4 Å². The summed E-state index contributed by atoms with van der Waals surface area (Å²) in [5.41, 5.74) is -1.20. The number of nitrogens with one attached hydrogen (secondary N) is 1. The van der Waals surface area contributed by atoms with E-state index >= 15 is 0 Å². The number of fused-ring (bicyclic) bond motifs is 1.